The number of aromatic nitrogens is 4. The number of rotatable bonds is 3. The molecule has 0 unspecified atom stereocenters. The van der Waals surface area contributed by atoms with E-state index in [4.69, 9.17) is 0 Å². The molecule has 0 saturated heterocycles. The van der Waals surface area contributed by atoms with E-state index in [9.17, 15) is 0 Å². The summed E-state index contributed by atoms with van der Waals surface area (Å²) >= 11 is 0. The van der Waals surface area contributed by atoms with Crippen LogP contribution in [0, 0.1) is 0 Å². The van der Waals surface area contributed by atoms with E-state index in [0.29, 0.717) is 6.42 Å². The lowest BCUT2D eigenvalue weighted by atomic mass is 10.2. The van der Waals surface area contributed by atoms with Crippen LogP contribution < -0.4 is 0 Å². The first-order valence-electron chi connectivity index (χ1n) is 6.05. The molecule has 0 atom stereocenters. The van der Waals surface area contributed by atoms with Crippen molar-refractivity contribution in [2.75, 3.05) is 0 Å². The second-order valence-corrected chi connectivity index (χ2v) is 4.07. The number of hydrogen-bond donors (Lipinski definition) is 0. The van der Waals surface area contributed by atoms with Crippen LogP contribution in [0.25, 0.3) is 11.4 Å². The molecule has 4 nitrogen and oxygen atoms in total. The summed E-state index contributed by atoms with van der Waals surface area (Å²) in [6, 6.07) is 13.5. The molecule has 0 aromatic carbocycles. The van der Waals surface area contributed by atoms with Gasteiger partial charge in [-0.15, -0.1) is 0 Å². The summed E-state index contributed by atoms with van der Waals surface area (Å²) in [5.74, 6) is 0.771. The van der Waals surface area contributed by atoms with E-state index >= 15 is 0 Å². The van der Waals surface area contributed by atoms with Crippen molar-refractivity contribution in [1.29, 1.82) is 0 Å². The molecule has 0 aliphatic carbocycles. The lowest BCUT2D eigenvalue weighted by Crippen LogP contribution is -1.98. The third-order valence-electron chi connectivity index (χ3n) is 2.69. The Balaban J connectivity index is 1.89. The Morgan fingerprint density at radius 2 is 1.47 bits per heavy atom. The molecule has 92 valence electrons. The quantitative estimate of drug-likeness (QED) is 0.714. The molecule has 0 amide bonds. The summed E-state index contributed by atoms with van der Waals surface area (Å²) < 4.78 is 0. The smallest absolute Gasteiger partial charge is 0.134 e. The van der Waals surface area contributed by atoms with Crippen LogP contribution in [0.5, 0.6) is 0 Å². The zero-order chi connectivity index (χ0) is 12.9. The van der Waals surface area contributed by atoms with Gasteiger partial charge in [0.25, 0.3) is 0 Å². The summed E-state index contributed by atoms with van der Waals surface area (Å²) in [6.45, 7) is 0. The van der Waals surface area contributed by atoms with Crippen LogP contribution in [0.2, 0.25) is 0 Å². The third-order valence-corrected chi connectivity index (χ3v) is 2.69. The fourth-order valence-corrected chi connectivity index (χ4v) is 1.82. The Kier molecular flexibility index (Phi) is 3.23. The lowest BCUT2D eigenvalue weighted by molar-refractivity contribution is 0.936. The first kappa shape index (κ1) is 11.5. The molecule has 0 bridgehead atoms. The van der Waals surface area contributed by atoms with Crippen LogP contribution in [0.3, 0.4) is 0 Å². The van der Waals surface area contributed by atoms with Crippen LogP contribution in [-0.4, -0.2) is 19.9 Å². The van der Waals surface area contributed by atoms with Gasteiger partial charge >= 0.3 is 0 Å². The van der Waals surface area contributed by atoms with Gasteiger partial charge in [-0.2, -0.15) is 0 Å². The molecule has 0 spiro atoms. The fourth-order valence-electron chi connectivity index (χ4n) is 1.82. The summed E-state index contributed by atoms with van der Waals surface area (Å²) in [5, 5.41) is 0. The first-order chi connectivity index (χ1) is 9.42. The van der Waals surface area contributed by atoms with Gasteiger partial charge in [0.2, 0.25) is 0 Å². The molecule has 0 N–H and O–H groups in total. The Morgan fingerprint density at radius 1 is 0.684 bits per heavy atom. The van der Waals surface area contributed by atoms with Crippen LogP contribution in [-0.2, 0) is 6.42 Å². The average Bonchev–Trinajstić information content (AvgIpc) is 2.49. The van der Waals surface area contributed by atoms with Crippen molar-refractivity contribution in [2.45, 2.75) is 6.42 Å². The fraction of sp³-hybridized carbons (Fsp3) is 0.0667. The van der Waals surface area contributed by atoms with Gasteiger partial charge < -0.3 is 0 Å². The first-order valence-corrected chi connectivity index (χ1v) is 6.05. The highest BCUT2D eigenvalue weighted by molar-refractivity contribution is 5.53. The zero-order valence-corrected chi connectivity index (χ0v) is 10.3. The van der Waals surface area contributed by atoms with Crippen LogP contribution >= 0.6 is 0 Å². The van der Waals surface area contributed by atoms with Gasteiger partial charge in [0.05, 0.1) is 17.8 Å². The highest BCUT2D eigenvalue weighted by Crippen LogP contribution is 2.14. The average molecular weight is 248 g/mol. The Morgan fingerprint density at radius 3 is 2.26 bits per heavy atom. The van der Waals surface area contributed by atoms with Crippen molar-refractivity contribution in [3.8, 4) is 11.4 Å². The van der Waals surface area contributed by atoms with Gasteiger partial charge in [0.1, 0.15) is 5.82 Å². The minimum Gasteiger partial charge on any atom is -0.255 e. The minimum absolute atomic E-state index is 0.627. The molecule has 3 aromatic heterocycles. The second kappa shape index (κ2) is 5.35. The van der Waals surface area contributed by atoms with E-state index in [2.05, 4.69) is 19.9 Å². The topological polar surface area (TPSA) is 51.6 Å². The highest BCUT2D eigenvalue weighted by Gasteiger charge is 2.03. The van der Waals surface area contributed by atoms with E-state index in [1.165, 1.54) is 0 Å². The van der Waals surface area contributed by atoms with Crippen molar-refractivity contribution in [2.24, 2.45) is 0 Å². The van der Waals surface area contributed by atoms with Gasteiger partial charge in [-0.3, -0.25) is 9.97 Å². The Hall–Kier alpha value is -2.62. The molecule has 19 heavy (non-hydrogen) atoms. The number of nitrogens with zero attached hydrogens (tertiary/aromatic N) is 4. The predicted octanol–water partition coefficient (Wildman–Crippen LogP) is 2.52. The number of hydrogen-bond acceptors (Lipinski definition) is 4. The number of pyridine rings is 2. The molecule has 4 heteroatoms. The largest absolute Gasteiger partial charge is 0.255 e. The molecular formula is C15H12N4. The Bertz CT molecular complexity index is 653. The van der Waals surface area contributed by atoms with E-state index in [1.54, 1.807) is 24.7 Å². The monoisotopic (exact) mass is 248 g/mol. The molecule has 3 rings (SSSR count). The molecule has 0 radical (unpaired) electrons. The molecule has 0 aliphatic rings. The SMILES string of the molecule is c1ccc(-c2cccc(Cc3ncccn3)n2)nc1. The van der Waals surface area contributed by atoms with Crippen molar-refractivity contribution < 1.29 is 0 Å². The van der Waals surface area contributed by atoms with Gasteiger partial charge in [0.15, 0.2) is 0 Å². The zero-order valence-electron chi connectivity index (χ0n) is 10.3. The molecular weight excluding hydrogens is 236 g/mol. The highest BCUT2D eigenvalue weighted by atomic mass is 14.9. The maximum Gasteiger partial charge on any atom is 0.134 e. The third kappa shape index (κ3) is 2.80. The minimum atomic E-state index is 0.627. The molecule has 0 aliphatic heterocycles. The summed E-state index contributed by atoms with van der Waals surface area (Å²) in [4.78, 5) is 17.3. The van der Waals surface area contributed by atoms with Crippen molar-refractivity contribution in [3.63, 3.8) is 0 Å². The van der Waals surface area contributed by atoms with Gasteiger partial charge in [-0.25, -0.2) is 9.97 Å². The van der Waals surface area contributed by atoms with E-state index < -0.39 is 0 Å². The summed E-state index contributed by atoms with van der Waals surface area (Å²) in [6.07, 6.45) is 5.88. The maximum absolute atomic E-state index is 4.60. The van der Waals surface area contributed by atoms with Crippen molar-refractivity contribution in [1.82, 2.24) is 19.9 Å². The summed E-state index contributed by atoms with van der Waals surface area (Å²) in [7, 11) is 0. The van der Waals surface area contributed by atoms with E-state index in [0.717, 1.165) is 22.9 Å². The molecule has 0 fully saturated rings. The Labute approximate surface area is 111 Å². The lowest BCUT2D eigenvalue weighted by Gasteiger charge is -2.03. The van der Waals surface area contributed by atoms with E-state index in [-0.39, 0.29) is 0 Å². The maximum atomic E-state index is 4.60. The normalized spacial score (nSPS) is 10.3. The standard InChI is InChI=1S/C15H12N4/c1-2-8-16-13(6-1)14-7-3-5-12(19-14)11-15-17-9-4-10-18-15/h1-10H,11H2. The molecule has 3 heterocycles. The molecule has 3 aromatic rings. The van der Waals surface area contributed by atoms with E-state index in [1.807, 2.05) is 36.4 Å². The van der Waals surface area contributed by atoms with Crippen LogP contribution in [0.15, 0.2) is 61.1 Å². The predicted molar refractivity (Wildman–Crippen MR) is 72.3 cm³/mol. The van der Waals surface area contributed by atoms with Crippen molar-refractivity contribution >= 4 is 0 Å². The van der Waals surface area contributed by atoms with Gasteiger partial charge in [-0.05, 0) is 30.3 Å². The van der Waals surface area contributed by atoms with Crippen LogP contribution in [0.4, 0.5) is 0 Å². The second-order valence-electron chi connectivity index (χ2n) is 4.07. The van der Waals surface area contributed by atoms with Gasteiger partial charge in [-0.1, -0.05) is 12.1 Å². The van der Waals surface area contributed by atoms with Crippen molar-refractivity contribution in [3.05, 3.63) is 72.6 Å². The van der Waals surface area contributed by atoms with Gasteiger partial charge in [0, 0.05) is 24.3 Å². The molecule has 0 saturated carbocycles. The van der Waals surface area contributed by atoms with Crippen LogP contribution in [0.1, 0.15) is 11.5 Å². The summed E-state index contributed by atoms with van der Waals surface area (Å²) in [5.41, 5.74) is 2.68.